The third kappa shape index (κ3) is 100. The van der Waals surface area contributed by atoms with Crippen LogP contribution in [-0.2, 0) is 41.4 Å². The molecule has 642 valence electrons. The van der Waals surface area contributed by atoms with Crippen molar-refractivity contribution in [3.05, 3.63) is 59.7 Å². The van der Waals surface area contributed by atoms with E-state index in [0.29, 0.717) is 20.0 Å². The molecule has 0 radical (unpaired) electrons. The highest BCUT2D eigenvalue weighted by Crippen LogP contribution is 2.40. The number of morpholine rings is 1. The summed E-state index contributed by atoms with van der Waals surface area (Å²) in [7, 11) is 0. The maximum Gasteiger partial charge on any atom is 0.161 e. The topological polar surface area (TPSA) is 170 Å². The molecule has 2 aromatic rings. The van der Waals surface area contributed by atoms with E-state index in [1.54, 1.807) is 0 Å². The SMILES string of the molecule is C1CCCNCC1.C1CCCOCC1.C1CCNCC1.C1CCOCC1.C1CNCCN1.C1COCCN1.C1COCOC1.C1COCSC1.C1CSCCN1.C1NCC2CC12.CC.CC.CC.CC.CC.CC.CC.CC.CC.CC.CC.CC.c1ccc2c(c1)CCNC2.c1ccc2c(c1)OCCO2. The Bertz CT molecular complexity index is 1290. The first-order chi connectivity index (χ1) is 52.9. The molecule has 106 heavy (non-hydrogen) atoms. The van der Waals surface area contributed by atoms with Gasteiger partial charge in [0.2, 0.25) is 0 Å². The molecule has 0 amide bonds. The van der Waals surface area contributed by atoms with E-state index < -0.39 is 0 Å². The molecule has 1 aliphatic carbocycles. The Morgan fingerprint density at radius 3 is 0.868 bits per heavy atom. The number of hydrogen-bond acceptors (Lipinski definition) is 18. The zero-order chi connectivity index (χ0) is 81.2. The fraction of sp³-hybridized carbons (Fsp3) is 0.864. The van der Waals surface area contributed by atoms with Gasteiger partial charge >= 0.3 is 0 Å². The Labute approximate surface area is 672 Å². The quantitative estimate of drug-likeness (QED) is 0.125. The molecule has 2 unspecified atom stereocenters. The number of piperidine rings is 2. The second kappa shape index (κ2) is 127. The van der Waals surface area contributed by atoms with Crippen molar-refractivity contribution in [3.8, 4) is 11.5 Å². The van der Waals surface area contributed by atoms with Crippen LogP contribution in [0.4, 0.5) is 0 Å². The molecule has 15 rings (SSSR count). The Balaban J connectivity index is -0.000000135. The number of ether oxygens (including phenoxy) is 8. The second-order valence-electron chi connectivity index (χ2n) is 21.7. The molecule has 13 aliphatic rings. The fourth-order valence-corrected chi connectivity index (χ4v) is 11.0. The number of hydrogen-bond donors (Lipinski definition) is 8. The minimum absolute atomic E-state index is 0.500. The first-order valence-corrected chi connectivity index (χ1v) is 46.9. The van der Waals surface area contributed by atoms with Crippen LogP contribution in [0.15, 0.2) is 48.5 Å². The molecule has 2 aromatic carbocycles. The summed E-state index contributed by atoms with van der Waals surface area (Å²) in [4.78, 5) is 0. The van der Waals surface area contributed by atoms with Gasteiger partial charge in [-0.25, -0.2) is 0 Å². The van der Waals surface area contributed by atoms with Gasteiger partial charge in [0.15, 0.2) is 11.5 Å². The van der Waals surface area contributed by atoms with Crippen LogP contribution in [0.25, 0.3) is 0 Å². The molecule has 12 aliphatic heterocycles. The predicted molar refractivity (Wildman–Crippen MR) is 481 cm³/mol. The number of rotatable bonds is 0. The zero-order valence-electron chi connectivity index (χ0n) is 75.2. The van der Waals surface area contributed by atoms with E-state index in [2.05, 4.69) is 66.8 Å². The van der Waals surface area contributed by atoms with Gasteiger partial charge in [0.05, 0.1) is 32.4 Å². The summed E-state index contributed by atoms with van der Waals surface area (Å²) >= 11 is 3.91. The van der Waals surface area contributed by atoms with Gasteiger partial charge in [0, 0.05) is 103 Å². The smallest absolute Gasteiger partial charge is 0.161 e. The number of fused-ring (bicyclic) bond motifs is 3. The molecular formula is C88H190N8O8S2. The Morgan fingerprint density at radius 2 is 0.613 bits per heavy atom. The minimum Gasteiger partial charge on any atom is -0.486 e. The summed E-state index contributed by atoms with van der Waals surface area (Å²) in [6, 6.07) is 16.3. The first-order valence-electron chi connectivity index (χ1n) is 44.6. The number of piperazine rings is 1. The molecule has 0 aromatic heterocycles. The highest BCUT2D eigenvalue weighted by Gasteiger charge is 2.40. The van der Waals surface area contributed by atoms with E-state index in [1.807, 2.05) is 214 Å². The zero-order valence-corrected chi connectivity index (χ0v) is 76.8. The van der Waals surface area contributed by atoms with Crippen LogP contribution in [0.1, 0.15) is 286 Å². The summed E-state index contributed by atoms with van der Waals surface area (Å²) in [6.45, 7) is 77.2. The highest BCUT2D eigenvalue weighted by molar-refractivity contribution is 7.99. The lowest BCUT2D eigenvalue weighted by Gasteiger charge is -2.17. The molecule has 11 fully saturated rings. The van der Waals surface area contributed by atoms with Crippen molar-refractivity contribution in [1.29, 1.82) is 0 Å². The molecule has 1 saturated carbocycles. The number of thioether (sulfide) groups is 2. The van der Waals surface area contributed by atoms with Crippen LogP contribution in [0, 0.1) is 11.8 Å². The van der Waals surface area contributed by atoms with Gasteiger partial charge in [-0.2, -0.15) is 11.8 Å². The third-order valence-corrected chi connectivity index (χ3v) is 16.4. The minimum atomic E-state index is 0.500. The van der Waals surface area contributed by atoms with E-state index in [-0.39, 0.29) is 0 Å². The normalized spacial score (nSPS) is 19.2. The van der Waals surface area contributed by atoms with Gasteiger partial charge in [-0.15, -0.1) is 11.8 Å². The lowest BCUT2D eigenvalue weighted by Crippen LogP contribution is -2.39. The van der Waals surface area contributed by atoms with Crippen molar-refractivity contribution in [2.75, 3.05) is 201 Å². The van der Waals surface area contributed by atoms with Crippen LogP contribution in [0.2, 0.25) is 0 Å². The first kappa shape index (κ1) is 122. The van der Waals surface area contributed by atoms with Gasteiger partial charge in [-0.05, 0) is 170 Å². The fourth-order valence-electron chi connectivity index (χ4n) is 9.52. The van der Waals surface area contributed by atoms with Crippen molar-refractivity contribution < 1.29 is 37.9 Å². The Morgan fingerprint density at radius 1 is 0.264 bits per heavy atom. The molecule has 0 spiro atoms. The third-order valence-electron chi connectivity index (χ3n) is 14.5. The van der Waals surface area contributed by atoms with Crippen molar-refractivity contribution in [2.45, 2.75) is 288 Å². The Kier molecular flexibility index (Phi) is 146. The molecule has 18 heteroatoms. The molecule has 0 bridgehead atoms. The number of para-hydroxylation sites is 2. The summed E-state index contributed by atoms with van der Waals surface area (Å²) in [5.74, 6) is 8.73. The van der Waals surface area contributed by atoms with Crippen LogP contribution in [0.5, 0.6) is 11.5 Å². The summed E-state index contributed by atoms with van der Waals surface area (Å²) in [5, 5.41) is 26.2. The average molecular weight is 1550 g/mol. The van der Waals surface area contributed by atoms with Crippen molar-refractivity contribution >= 4 is 23.5 Å². The van der Waals surface area contributed by atoms with Gasteiger partial charge in [0.25, 0.3) is 0 Å². The van der Waals surface area contributed by atoms with E-state index in [4.69, 9.17) is 37.9 Å². The standard InChI is InChI=1S/C9H11N.C8H8O2.C6H13N.C6H12O.C5H9N.C5H11N.C5H10O.C4H10N2.C4H9NO.C4H9NS.C4H8O2.C4H8OS.12C2H6/c1-2-4-9-7-10-6-5-8(9)3-1;1-2-4-8-7(3-1)9-5-6-10-8;2*1-2-4-6-7-5-3-1;1-4-2-6-3-5(1)4;2*1-2-4-6-5-3-1;1-2-6-4-3-5-1;2*1-3-6-4-2-5-1;2*1-2-5-4-6-3-1;12*1-2/h1-4,10H,5-7H2;1-4H,5-6H2;7H,1-6H2;1-6H2;4-6H,1-3H2;6H,1-5H2;1-5H2;5-6H,1-4H2;2*5H,1-4H2;2*1-4H2;12*1-2H3. The Hall–Kier alpha value is -1.82. The van der Waals surface area contributed by atoms with Gasteiger partial charge in [-0.1, -0.05) is 235 Å². The van der Waals surface area contributed by atoms with E-state index in [9.17, 15) is 0 Å². The highest BCUT2D eigenvalue weighted by atomic mass is 32.2. The van der Waals surface area contributed by atoms with Crippen LogP contribution in [-0.4, -0.2) is 201 Å². The second-order valence-corrected chi connectivity index (χ2v) is 24.0. The van der Waals surface area contributed by atoms with Crippen LogP contribution >= 0.6 is 23.5 Å². The number of benzene rings is 2. The summed E-state index contributed by atoms with van der Waals surface area (Å²) < 4.78 is 40.6. The van der Waals surface area contributed by atoms with E-state index in [1.165, 1.54) is 190 Å². The predicted octanol–water partition coefficient (Wildman–Crippen LogP) is 20.6. The average Bonchev–Trinajstić information content (AvgIpc) is 1.66. The van der Waals surface area contributed by atoms with Gasteiger partial charge in [0.1, 0.15) is 20.0 Å². The summed E-state index contributed by atoms with van der Waals surface area (Å²) in [6.07, 6.45) is 24.1. The van der Waals surface area contributed by atoms with Crippen molar-refractivity contribution in [3.63, 3.8) is 0 Å². The van der Waals surface area contributed by atoms with E-state index in [0.717, 1.165) is 148 Å². The molecule has 2 atom stereocenters. The monoisotopic (exact) mass is 1550 g/mol. The molecule has 16 nitrogen and oxygen atoms in total. The summed E-state index contributed by atoms with van der Waals surface area (Å²) in [5.41, 5.74) is 2.98. The van der Waals surface area contributed by atoms with Gasteiger partial charge < -0.3 is 80.4 Å². The van der Waals surface area contributed by atoms with Gasteiger partial charge in [-0.3, -0.25) is 0 Å². The van der Waals surface area contributed by atoms with Crippen molar-refractivity contribution in [2.24, 2.45) is 11.8 Å². The number of nitrogens with one attached hydrogen (secondary N) is 8. The molecular weight excluding hydrogens is 1360 g/mol. The largest absolute Gasteiger partial charge is 0.486 e. The maximum absolute atomic E-state index is 5.30. The molecule has 8 N–H and O–H groups in total. The lowest BCUT2D eigenvalue weighted by atomic mass is 10.0. The molecule has 12 heterocycles. The molecule has 10 saturated heterocycles. The van der Waals surface area contributed by atoms with Crippen LogP contribution in [0.3, 0.4) is 0 Å². The maximum atomic E-state index is 5.30. The van der Waals surface area contributed by atoms with E-state index >= 15 is 0 Å². The lowest BCUT2D eigenvalue weighted by molar-refractivity contribution is -0.0963. The van der Waals surface area contributed by atoms with Crippen molar-refractivity contribution in [1.82, 2.24) is 42.5 Å². The van der Waals surface area contributed by atoms with Crippen LogP contribution < -0.4 is 52.0 Å².